The van der Waals surface area contributed by atoms with Crippen LogP contribution in [0.4, 0.5) is 0 Å². The highest BCUT2D eigenvalue weighted by Crippen LogP contribution is 2.22. The lowest BCUT2D eigenvalue weighted by Gasteiger charge is -2.21. The van der Waals surface area contributed by atoms with E-state index in [-0.39, 0.29) is 18.9 Å². The van der Waals surface area contributed by atoms with Crippen molar-refractivity contribution >= 4 is 23.2 Å². The van der Waals surface area contributed by atoms with Crippen LogP contribution >= 0.6 is 11.3 Å². The largest absolute Gasteiger partial charge is 0.481 e. The van der Waals surface area contributed by atoms with Crippen molar-refractivity contribution in [3.63, 3.8) is 0 Å². The quantitative estimate of drug-likeness (QED) is 0.863. The first-order valence-electron chi connectivity index (χ1n) is 6.03. The Morgan fingerprint density at radius 2 is 2.00 bits per heavy atom. The van der Waals surface area contributed by atoms with Crippen LogP contribution < -0.4 is 0 Å². The van der Waals surface area contributed by atoms with Crippen molar-refractivity contribution < 1.29 is 14.7 Å². The van der Waals surface area contributed by atoms with Crippen LogP contribution in [0.2, 0.25) is 0 Å². The number of hydrogen-bond acceptors (Lipinski definition) is 3. The lowest BCUT2D eigenvalue weighted by atomic mass is 10.1. The third-order valence-corrected chi connectivity index (χ3v) is 3.91. The molecule has 0 radical (unpaired) electrons. The number of aliphatic carboxylic acids is 1. The van der Waals surface area contributed by atoms with Crippen molar-refractivity contribution in [3.8, 4) is 0 Å². The van der Waals surface area contributed by atoms with Gasteiger partial charge in [-0.05, 0) is 25.8 Å². The van der Waals surface area contributed by atoms with E-state index >= 15 is 0 Å². The Hall–Kier alpha value is -1.36. The van der Waals surface area contributed by atoms with Crippen molar-refractivity contribution in [2.45, 2.75) is 33.6 Å². The van der Waals surface area contributed by atoms with Gasteiger partial charge in [-0.2, -0.15) is 0 Å². The highest BCUT2D eigenvalue weighted by atomic mass is 32.1. The van der Waals surface area contributed by atoms with Gasteiger partial charge in [0.2, 0.25) is 0 Å². The lowest BCUT2D eigenvalue weighted by Crippen LogP contribution is -2.33. The molecule has 1 N–H and O–H groups in total. The summed E-state index contributed by atoms with van der Waals surface area (Å²) < 4.78 is 0. The van der Waals surface area contributed by atoms with Crippen LogP contribution in [-0.2, 0) is 4.79 Å². The highest BCUT2D eigenvalue weighted by Gasteiger charge is 2.19. The Kier molecular flexibility index (Phi) is 5.34. The topological polar surface area (TPSA) is 57.6 Å². The maximum atomic E-state index is 12.3. The van der Waals surface area contributed by atoms with Crippen LogP contribution in [0.25, 0.3) is 0 Å². The number of nitrogens with zero attached hydrogens (tertiary/aromatic N) is 1. The molecule has 5 heteroatoms. The summed E-state index contributed by atoms with van der Waals surface area (Å²) in [5.74, 6) is -0.929. The van der Waals surface area contributed by atoms with Crippen molar-refractivity contribution in [1.82, 2.24) is 4.90 Å². The smallest absolute Gasteiger partial charge is 0.305 e. The third-order valence-electron chi connectivity index (χ3n) is 2.89. The van der Waals surface area contributed by atoms with Crippen molar-refractivity contribution in [2.75, 3.05) is 13.1 Å². The molecule has 0 fully saturated rings. The van der Waals surface area contributed by atoms with Crippen molar-refractivity contribution in [3.05, 3.63) is 21.4 Å². The van der Waals surface area contributed by atoms with Crippen LogP contribution in [0, 0.1) is 13.8 Å². The monoisotopic (exact) mass is 269 g/mol. The van der Waals surface area contributed by atoms with Crippen molar-refractivity contribution in [2.24, 2.45) is 0 Å². The van der Waals surface area contributed by atoms with Crippen LogP contribution in [0.15, 0.2) is 5.38 Å². The molecule has 0 saturated heterocycles. The van der Waals surface area contributed by atoms with Gasteiger partial charge in [-0.25, -0.2) is 0 Å². The molecule has 18 heavy (non-hydrogen) atoms. The predicted molar refractivity (Wildman–Crippen MR) is 72.2 cm³/mol. The SMILES string of the molecule is CCCN(CCC(=O)O)C(=O)c1csc(C)c1C. The molecule has 0 bridgehead atoms. The summed E-state index contributed by atoms with van der Waals surface area (Å²) in [6.07, 6.45) is 0.821. The van der Waals surface area contributed by atoms with E-state index in [1.165, 1.54) is 0 Å². The lowest BCUT2D eigenvalue weighted by molar-refractivity contribution is -0.137. The van der Waals surface area contributed by atoms with Gasteiger partial charge >= 0.3 is 5.97 Å². The minimum absolute atomic E-state index is 0.00604. The van der Waals surface area contributed by atoms with Crippen LogP contribution in [0.5, 0.6) is 0 Å². The maximum Gasteiger partial charge on any atom is 0.305 e. The van der Waals surface area contributed by atoms with Crippen LogP contribution in [0.1, 0.15) is 40.6 Å². The van der Waals surface area contributed by atoms with Gasteiger partial charge < -0.3 is 10.0 Å². The second-order valence-electron chi connectivity index (χ2n) is 4.27. The molecule has 100 valence electrons. The van der Waals surface area contributed by atoms with Gasteiger partial charge in [0, 0.05) is 23.3 Å². The summed E-state index contributed by atoms with van der Waals surface area (Å²) in [5, 5.41) is 10.6. The highest BCUT2D eigenvalue weighted by molar-refractivity contribution is 7.10. The fourth-order valence-corrected chi connectivity index (χ4v) is 2.57. The summed E-state index contributed by atoms with van der Waals surface area (Å²) >= 11 is 1.56. The third kappa shape index (κ3) is 3.57. The Labute approximate surface area is 111 Å². The molecule has 0 atom stereocenters. The number of amides is 1. The first-order valence-corrected chi connectivity index (χ1v) is 6.91. The van der Waals surface area contributed by atoms with E-state index in [4.69, 9.17) is 5.11 Å². The fraction of sp³-hybridized carbons (Fsp3) is 0.538. The molecule has 1 amide bonds. The Morgan fingerprint density at radius 3 is 2.44 bits per heavy atom. The second kappa shape index (κ2) is 6.54. The van der Waals surface area contributed by atoms with Gasteiger partial charge in [0.25, 0.3) is 5.91 Å². The zero-order chi connectivity index (χ0) is 13.7. The molecule has 4 nitrogen and oxygen atoms in total. The average Bonchev–Trinajstić information content (AvgIpc) is 2.64. The fourth-order valence-electron chi connectivity index (χ4n) is 1.71. The van der Waals surface area contributed by atoms with Gasteiger partial charge in [0.1, 0.15) is 0 Å². The standard InChI is InChI=1S/C13H19NO3S/c1-4-6-14(7-5-12(15)16)13(17)11-8-18-10(3)9(11)2/h8H,4-7H2,1-3H3,(H,15,16). The predicted octanol–water partition coefficient (Wildman–Crippen LogP) is 2.69. The molecule has 1 rings (SSSR count). The van der Waals surface area contributed by atoms with Gasteiger partial charge in [-0.1, -0.05) is 6.92 Å². The number of carboxylic acids is 1. The molecule has 1 aromatic heterocycles. The molecule has 1 heterocycles. The summed E-state index contributed by atoms with van der Waals surface area (Å²) in [5.41, 5.74) is 1.71. The summed E-state index contributed by atoms with van der Waals surface area (Å²) in [4.78, 5) is 25.7. The molecule has 0 spiro atoms. The number of aryl methyl sites for hydroxylation is 1. The van der Waals surface area contributed by atoms with E-state index in [9.17, 15) is 9.59 Å². The Balaban J connectivity index is 2.82. The Bertz CT molecular complexity index is 439. The summed E-state index contributed by atoms with van der Waals surface area (Å²) in [6.45, 7) is 6.77. The molecular formula is C13H19NO3S. The zero-order valence-electron chi connectivity index (χ0n) is 11.0. The Morgan fingerprint density at radius 1 is 1.33 bits per heavy atom. The van der Waals surface area contributed by atoms with E-state index in [1.807, 2.05) is 26.2 Å². The van der Waals surface area contributed by atoms with Gasteiger partial charge in [0.15, 0.2) is 0 Å². The maximum absolute atomic E-state index is 12.3. The normalized spacial score (nSPS) is 10.4. The van der Waals surface area contributed by atoms with Gasteiger partial charge in [0.05, 0.1) is 12.0 Å². The van der Waals surface area contributed by atoms with E-state index < -0.39 is 5.97 Å². The van der Waals surface area contributed by atoms with E-state index in [1.54, 1.807) is 16.2 Å². The molecule has 1 aromatic rings. The van der Waals surface area contributed by atoms with Crippen LogP contribution in [0.3, 0.4) is 0 Å². The van der Waals surface area contributed by atoms with E-state index in [2.05, 4.69) is 0 Å². The first-order chi connectivity index (χ1) is 8.47. The van der Waals surface area contributed by atoms with E-state index in [0.29, 0.717) is 12.1 Å². The number of carbonyl (C=O) groups is 2. The minimum atomic E-state index is -0.873. The molecule has 0 aromatic carbocycles. The van der Waals surface area contributed by atoms with E-state index in [0.717, 1.165) is 16.9 Å². The second-order valence-corrected chi connectivity index (χ2v) is 5.35. The van der Waals surface area contributed by atoms with Crippen LogP contribution in [-0.4, -0.2) is 35.0 Å². The number of carboxylic acid groups (broad SMARTS) is 1. The van der Waals surface area contributed by atoms with Gasteiger partial charge in [-0.15, -0.1) is 11.3 Å². The van der Waals surface area contributed by atoms with Crippen molar-refractivity contribution in [1.29, 1.82) is 0 Å². The zero-order valence-corrected chi connectivity index (χ0v) is 11.8. The average molecular weight is 269 g/mol. The molecular weight excluding hydrogens is 250 g/mol. The summed E-state index contributed by atoms with van der Waals surface area (Å²) in [7, 11) is 0. The minimum Gasteiger partial charge on any atom is -0.481 e. The number of thiophene rings is 1. The number of rotatable bonds is 6. The number of hydrogen-bond donors (Lipinski definition) is 1. The molecule has 0 unspecified atom stereocenters. The molecule has 0 aliphatic heterocycles. The molecule has 0 aliphatic carbocycles. The molecule has 0 saturated carbocycles. The summed E-state index contributed by atoms with van der Waals surface area (Å²) in [6, 6.07) is 0. The molecule has 0 aliphatic rings. The van der Waals surface area contributed by atoms with Gasteiger partial charge in [-0.3, -0.25) is 9.59 Å². The number of carbonyl (C=O) groups excluding carboxylic acids is 1. The first kappa shape index (κ1) is 14.7.